The average molecular weight is 483 g/mol. The standard InChI is InChI=1S/C25H26N2O6S/c1-30-18-7-9-19(10-8-18)33-13-12-26-25(29)21(16-20-5-4-14-34-20)27-24(28)17-6-11-22(31-2)23(15-17)32-3/h4-11,14-16H,12-13H2,1-3H3,(H,26,29)(H,27,28)/b21-16-. The molecule has 34 heavy (non-hydrogen) atoms. The van der Waals surface area contributed by atoms with Crippen LogP contribution in [-0.2, 0) is 4.79 Å². The van der Waals surface area contributed by atoms with Crippen LogP contribution in [0.3, 0.4) is 0 Å². The Morgan fingerprint density at radius 2 is 1.65 bits per heavy atom. The Kier molecular flexibility index (Phi) is 8.93. The van der Waals surface area contributed by atoms with Crippen LogP contribution in [0.4, 0.5) is 0 Å². The van der Waals surface area contributed by atoms with Crippen LogP contribution in [0.25, 0.3) is 6.08 Å². The minimum absolute atomic E-state index is 0.117. The average Bonchev–Trinajstić information content (AvgIpc) is 3.39. The highest BCUT2D eigenvalue weighted by molar-refractivity contribution is 7.10. The molecular weight excluding hydrogens is 456 g/mol. The van der Waals surface area contributed by atoms with Crippen molar-refractivity contribution in [2.24, 2.45) is 0 Å². The second-order valence-electron chi connectivity index (χ2n) is 6.88. The van der Waals surface area contributed by atoms with E-state index in [1.807, 2.05) is 17.5 Å². The number of carbonyl (C=O) groups excluding carboxylic acids is 2. The summed E-state index contributed by atoms with van der Waals surface area (Å²) in [6, 6.07) is 15.7. The number of nitrogens with one attached hydrogen (secondary N) is 2. The number of methoxy groups -OCH3 is 3. The van der Waals surface area contributed by atoms with Crippen LogP contribution in [0, 0.1) is 0 Å². The van der Waals surface area contributed by atoms with Gasteiger partial charge in [0, 0.05) is 10.4 Å². The van der Waals surface area contributed by atoms with Crippen molar-refractivity contribution in [1.29, 1.82) is 0 Å². The summed E-state index contributed by atoms with van der Waals surface area (Å²) >= 11 is 1.45. The van der Waals surface area contributed by atoms with Crippen molar-refractivity contribution in [3.8, 4) is 23.0 Å². The van der Waals surface area contributed by atoms with Crippen LogP contribution in [0.15, 0.2) is 65.7 Å². The molecule has 0 aliphatic carbocycles. The minimum atomic E-state index is -0.451. The Balaban J connectivity index is 1.64. The van der Waals surface area contributed by atoms with E-state index in [9.17, 15) is 9.59 Å². The number of ether oxygens (including phenoxy) is 4. The van der Waals surface area contributed by atoms with E-state index in [1.165, 1.54) is 25.6 Å². The van der Waals surface area contributed by atoms with Crippen LogP contribution < -0.4 is 29.6 Å². The summed E-state index contributed by atoms with van der Waals surface area (Å²) in [5.41, 5.74) is 0.442. The van der Waals surface area contributed by atoms with E-state index in [4.69, 9.17) is 18.9 Å². The van der Waals surface area contributed by atoms with Crippen molar-refractivity contribution in [2.75, 3.05) is 34.5 Å². The lowest BCUT2D eigenvalue weighted by Gasteiger charge is -2.13. The van der Waals surface area contributed by atoms with Crippen LogP contribution in [-0.4, -0.2) is 46.3 Å². The lowest BCUT2D eigenvalue weighted by atomic mass is 10.1. The van der Waals surface area contributed by atoms with E-state index in [0.29, 0.717) is 22.8 Å². The fraction of sp³-hybridized carbons (Fsp3) is 0.200. The Hall–Kier alpha value is -3.98. The van der Waals surface area contributed by atoms with Gasteiger partial charge in [0.2, 0.25) is 0 Å². The van der Waals surface area contributed by atoms with Crippen LogP contribution in [0.5, 0.6) is 23.0 Å². The van der Waals surface area contributed by atoms with Gasteiger partial charge >= 0.3 is 0 Å². The monoisotopic (exact) mass is 482 g/mol. The molecule has 9 heteroatoms. The summed E-state index contributed by atoms with van der Waals surface area (Å²) in [7, 11) is 4.60. The largest absolute Gasteiger partial charge is 0.497 e. The molecule has 0 fully saturated rings. The van der Waals surface area contributed by atoms with Crippen molar-refractivity contribution in [1.82, 2.24) is 10.6 Å². The first-order valence-electron chi connectivity index (χ1n) is 10.4. The van der Waals surface area contributed by atoms with Crippen molar-refractivity contribution in [3.63, 3.8) is 0 Å². The quantitative estimate of drug-likeness (QED) is 0.319. The highest BCUT2D eigenvalue weighted by Gasteiger charge is 2.16. The molecule has 0 spiro atoms. The fourth-order valence-electron chi connectivity index (χ4n) is 2.95. The summed E-state index contributed by atoms with van der Waals surface area (Å²) in [6.45, 7) is 0.507. The first-order valence-corrected chi connectivity index (χ1v) is 11.3. The topological polar surface area (TPSA) is 95.1 Å². The fourth-order valence-corrected chi connectivity index (χ4v) is 3.60. The molecule has 1 heterocycles. The van der Waals surface area contributed by atoms with Gasteiger partial charge in [0.1, 0.15) is 23.8 Å². The molecular formula is C25H26N2O6S. The smallest absolute Gasteiger partial charge is 0.267 e. The summed E-state index contributed by atoms with van der Waals surface area (Å²) < 4.78 is 21.2. The summed E-state index contributed by atoms with van der Waals surface area (Å²) in [5, 5.41) is 7.36. The Morgan fingerprint density at radius 1 is 0.912 bits per heavy atom. The van der Waals surface area contributed by atoms with Gasteiger partial charge in [-0.15, -0.1) is 11.3 Å². The van der Waals surface area contributed by atoms with E-state index in [1.54, 1.807) is 55.7 Å². The molecule has 3 rings (SSSR count). The SMILES string of the molecule is COc1ccc(OCCNC(=O)/C(=C/c2cccs2)NC(=O)c2ccc(OC)c(OC)c2)cc1. The zero-order valence-electron chi connectivity index (χ0n) is 19.1. The van der Waals surface area contributed by atoms with Gasteiger partial charge in [-0.25, -0.2) is 0 Å². The van der Waals surface area contributed by atoms with Gasteiger partial charge in [-0.1, -0.05) is 6.07 Å². The second-order valence-corrected chi connectivity index (χ2v) is 7.86. The lowest BCUT2D eigenvalue weighted by molar-refractivity contribution is -0.117. The molecule has 2 amide bonds. The second kappa shape index (κ2) is 12.3. The third kappa shape index (κ3) is 6.76. The van der Waals surface area contributed by atoms with Crippen molar-refractivity contribution in [2.45, 2.75) is 0 Å². The van der Waals surface area contributed by atoms with Gasteiger partial charge in [0.15, 0.2) is 11.5 Å². The maximum absolute atomic E-state index is 12.9. The van der Waals surface area contributed by atoms with Gasteiger partial charge < -0.3 is 29.6 Å². The molecule has 0 radical (unpaired) electrons. The van der Waals surface area contributed by atoms with Gasteiger partial charge in [-0.05, 0) is 60.0 Å². The molecule has 2 N–H and O–H groups in total. The van der Waals surface area contributed by atoms with Crippen molar-refractivity contribution in [3.05, 3.63) is 76.1 Å². The number of carbonyl (C=O) groups is 2. The molecule has 0 bridgehead atoms. The predicted molar refractivity (Wildman–Crippen MR) is 131 cm³/mol. The van der Waals surface area contributed by atoms with Crippen molar-refractivity contribution < 1.29 is 28.5 Å². The number of hydrogen-bond acceptors (Lipinski definition) is 7. The van der Waals surface area contributed by atoms with Gasteiger partial charge in [-0.3, -0.25) is 9.59 Å². The number of thiophene rings is 1. The third-order valence-electron chi connectivity index (χ3n) is 4.68. The molecule has 0 aliphatic heterocycles. The molecule has 2 aromatic carbocycles. The minimum Gasteiger partial charge on any atom is -0.497 e. The first kappa shape index (κ1) is 24.7. The highest BCUT2D eigenvalue weighted by Crippen LogP contribution is 2.27. The predicted octanol–water partition coefficient (Wildman–Crippen LogP) is 3.74. The zero-order valence-corrected chi connectivity index (χ0v) is 19.9. The first-order chi connectivity index (χ1) is 16.5. The Labute approximate surface area is 202 Å². The summed E-state index contributed by atoms with van der Waals surface area (Å²) in [5.74, 6) is 1.43. The van der Waals surface area contributed by atoms with Gasteiger partial charge in [0.25, 0.3) is 11.8 Å². The van der Waals surface area contributed by atoms with E-state index in [2.05, 4.69) is 10.6 Å². The van der Waals surface area contributed by atoms with Crippen molar-refractivity contribution >= 4 is 29.2 Å². The molecule has 8 nitrogen and oxygen atoms in total. The number of benzene rings is 2. The van der Waals surface area contributed by atoms with E-state index in [-0.39, 0.29) is 18.8 Å². The Morgan fingerprint density at radius 3 is 2.29 bits per heavy atom. The number of hydrogen-bond donors (Lipinski definition) is 2. The molecule has 3 aromatic rings. The summed E-state index contributed by atoms with van der Waals surface area (Å²) in [6.07, 6.45) is 1.63. The maximum Gasteiger partial charge on any atom is 0.267 e. The number of rotatable bonds is 11. The van der Waals surface area contributed by atoms with E-state index >= 15 is 0 Å². The lowest BCUT2D eigenvalue weighted by Crippen LogP contribution is -2.36. The van der Waals surface area contributed by atoms with Crippen LogP contribution in [0.2, 0.25) is 0 Å². The molecule has 0 unspecified atom stereocenters. The number of amides is 2. The van der Waals surface area contributed by atoms with Crippen LogP contribution >= 0.6 is 11.3 Å². The van der Waals surface area contributed by atoms with E-state index in [0.717, 1.165) is 10.6 Å². The molecule has 1 aromatic heterocycles. The molecule has 0 aliphatic rings. The maximum atomic E-state index is 12.9. The highest BCUT2D eigenvalue weighted by atomic mass is 32.1. The molecule has 178 valence electrons. The van der Waals surface area contributed by atoms with E-state index < -0.39 is 11.8 Å². The molecule has 0 saturated heterocycles. The van der Waals surface area contributed by atoms with Gasteiger partial charge in [-0.2, -0.15) is 0 Å². The molecule has 0 atom stereocenters. The van der Waals surface area contributed by atoms with Gasteiger partial charge in [0.05, 0.1) is 27.9 Å². The third-order valence-corrected chi connectivity index (χ3v) is 5.50. The van der Waals surface area contributed by atoms with Crippen LogP contribution in [0.1, 0.15) is 15.2 Å². The Bertz CT molecular complexity index is 1130. The molecule has 0 saturated carbocycles. The normalized spacial score (nSPS) is 10.9. The summed E-state index contributed by atoms with van der Waals surface area (Å²) in [4.78, 5) is 26.5. The zero-order chi connectivity index (χ0) is 24.3.